The van der Waals surface area contributed by atoms with E-state index < -0.39 is 6.03 Å². The van der Waals surface area contributed by atoms with Crippen molar-refractivity contribution in [2.45, 2.75) is 13.2 Å². The first kappa shape index (κ1) is 19.0. The van der Waals surface area contributed by atoms with Crippen molar-refractivity contribution in [3.05, 3.63) is 95.6 Å². The first-order valence-electron chi connectivity index (χ1n) is 8.77. The Morgan fingerprint density at radius 2 is 1.43 bits per heavy atom. The van der Waals surface area contributed by atoms with Crippen LogP contribution in [0.1, 0.15) is 16.7 Å². The molecule has 2 amide bonds. The first-order chi connectivity index (χ1) is 13.7. The number of nitrogens with two attached hydrogens (primary N) is 1. The fourth-order valence-electron chi connectivity index (χ4n) is 2.48. The monoisotopic (exact) mass is 375 g/mol. The van der Waals surface area contributed by atoms with E-state index in [4.69, 9.17) is 15.2 Å². The maximum atomic E-state index is 10.7. The molecule has 3 N–H and O–H groups in total. The molecule has 6 nitrogen and oxygen atoms in total. The Labute approximate surface area is 163 Å². The summed E-state index contributed by atoms with van der Waals surface area (Å²) < 4.78 is 11.9. The second-order valence-corrected chi connectivity index (χ2v) is 5.99. The number of primary amides is 1. The van der Waals surface area contributed by atoms with Gasteiger partial charge in [0.25, 0.3) is 0 Å². The van der Waals surface area contributed by atoms with Gasteiger partial charge in [-0.3, -0.25) is 0 Å². The number of hydrogen-bond donors (Lipinski definition) is 2. The minimum absolute atomic E-state index is 0.405. The average molecular weight is 375 g/mol. The summed E-state index contributed by atoms with van der Waals surface area (Å²) in [4.78, 5) is 10.7. The molecule has 28 heavy (non-hydrogen) atoms. The summed E-state index contributed by atoms with van der Waals surface area (Å²) in [6, 6.07) is 24.5. The third-order valence-corrected chi connectivity index (χ3v) is 3.83. The fourth-order valence-corrected chi connectivity index (χ4v) is 2.48. The third-order valence-electron chi connectivity index (χ3n) is 3.83. The first-order valence-corrected chi connectivity index (χ1v) is 8.77. The molecule has 0 saturated carbocycles. The van der Waals surface area contributed by atoms with Crippen molar-refractivity contribution in [3.8, 4) is 11.5 Å². The molecule has 0 aliphatic heterocycles. The van der Waals surface area contributed by atoms with Crippen molar-refractivity contribution >= 4 is 12.2 Å². The number of carbonyl (C=O) groups excluding carboxylic acids is 1. The number of urea groups is 1. The van der Waals surface area contributed by atoms with Gasteiger partial charge < -0.3 is 15.2 Å². The van der Waals surface area contributed by atoms with E-state index in [2.05, 4.69) is 10.5 Å². The lowest BCUT2D eigenvalue weighted by Crippen LogP contribution is -2.24. The molecule has 0 saturated heterocycles. The Bertz CT molecular complexity index is 928. The van der Waals surface area contributed by atoms with Crippen molar-refractivity contribution in [3.63, 3.8) is 0 Å². The van der Waals surface area contributed by atoms with Crippen LogP contribution in [0.25, 0.3) is 0 Å². The highest BCUT2D eigenvalue weighted by Crippen LogP contribution is 2.29. The van der Waals surface area contributed by atoms with Crippen LogP contribution in [0.4, 0.5) is 4.79 Å². The van der Waals surface area contributed by atoms with E-state index >= 15 is 0 Å². The van der Waals surface area contributed by atoms with E-state index in [1.807, 2.05) is 72.8 Å². The zero-order valence-electron chi connectivity index (χ0n) is 15.2. The lowest BCUT2D eigenvalue weighted by Gasteiger charge is -2.14. The van der Waals surface area contributed by atoms with Crippen LogP contribution in [-0.4, -0.2) is 12.2 Å². The third kappa shape index (κ3) is 5.88. The van der Waals surface area contributed by atoms with Crippen LogP contribution in [0.5, 0.6) is 11.5 Å². The Morgan fingerprint density at radius 3 is 2.00 bits per heavy atom. The lowest BCUT2D eigenvalue weighted by atomic mass is 10.2. The predicted octanol–water partition coefficient (Wildman–Crippen LogP) is 3.85. The highest BCUT2D eigenvalue weighted by atomic mass is 16.5. The van der Waals surface area contributed by atoms with Crippen LogP contribution in [0, 0.1) is 0 Å². The van der Waals surface area contributed by atoms with Gasteiger partial charge in [0.2, 0.25) is 0 Å². The molecule has 142 valence electrons. The number of amides is 2. The van der Waals surface area contributed by atoms with E-state index in [1.54, 1.807) is 6.07 Å². The topological polar surface area (TPSA) is 85.9 Å². The summed E-state index contributed by atoms with van der Waals surface area (Å²) >= 11 is 0. The fraction of sp³-hybridized carbons (Fsp3) is 0.0909. The van der Waals surface area contributed by atoms with Crippen molar-refractivity contribution in [2.75, 3.05) is 0 Å². The van der Waals surface area contributed by atoms with Gasteiger partial charge in [-0.1, -0.05) is 60.7 Å². The summed E-state index contributed by atoms with van der Waals surface area (Å²) in [5, 5.41) is 3.78. The molecule has 0 heterocycles. The maximum Gasteiger partial charge on any atom is 0.332 e. The van der Waals surface area contributed by atoms with Gasteiger partial charge in [0.15, 0.2) is 11.5 Å². The molecule has 0 spiro atoms. The summed E-state index contributed by atoms with van der Waals surface area (Å²) in [5.74, 6) is 1.21. The SMILES string of the molecule is NC(=O)N/N=C\c1ccc(OCc2ccccc2)c(OCc2ccccc2)c1. The summed E-state index contributed by atoms with van der Waals surface area (Å²) in [5.41, 5.74) is 10.0. The quantitative estimate of drug-likeness (QED) is 0.463. The van der Waals surface area contributed by atoms with Gasteiger partial charge in [-0.2, -0.15) is 5.10 Å². The molecule has 0 aromatic heterocycles. The molecule has 0 aliphatic rings. The highest BCUT2D eigenvalue weighted by Gasteiger charge is 2.08. The van der Waals surface area contributed by atoms with Gasteiger partial charge in [0, 0.05) is 0 Å². The molecule has 0 aliphatic carbocycles. The van der Waals surface area contributed by atoms with Crippen molar-refractivity contribution in [1.82, 2.24) is 5.43 Å². The Kier molecular flexibility index (Phi) is 6.62. The molecule has 0 fully saturated rings. The second kappa shape index (κ2) is 9.78. The number of nitrogens with one attached hydrogen (secondary N) is 1. The number of rotatable bonds is 8. The standard InChI is InChI=1S/C22H21N3O3/c23-22(26)25-24-14-19-11-12-20(27-15-17-7-3-1-4-8-17)21(13-19)28-16-18-9-5-2-6-10-18/h1-14H,15-16H2,(H3,23,25,26)/b24-14-. The molecule has 3 aromatic rings. The zero-order chi connectivity index (χ0) is 19.6. The smallest absolute Gasteiger partial charge is 0.332 e. The van der Waals surface area contributed by atoms with Crippen LogP contribution in [0.3, 0.4) is 0 Å². The lowest BCUT2D eigenvalue weighted by molar-refractivity contribution is 0.249. The van der Waals surface area contributed by atoms with Gasteiger partial charge in [0.1, 0.15) is 13.2 Å². The van der Waals surface area contributed by atoms with E-state index in [9.17, 15) is 4.79 Å². The summed E-state index contributed by atoms with van der Waals surface area (Å²) in [7, 11) is 0. The largest absolute Gasteiger partial charge is 0.485 e. The molecule has 0 atom stereocenters. The molecule has 0 unspecified atom stereocenters. The highest BCUT2D eigenvalue weighted by molar-refractivity contribution is 5.82. The number of hydrazone groups is 1. The van der Waals surface area contributed by atoms with Crippen LogP contribution in [-0.2, 0) is 13.2 Å². The van der Waals surface area contributed by atoms with Crippen LogP contribution in [0.2, 0.25) is 0 Å². The summed E-state index contributed by atoms with van der Waals surface area (Å²) in [6.45, 7) is 0.835. The summed E-state index contributed by atoms with van der Waals surface area (Å²) in [6.07, 6.45) is 1.49. The minimum atomic E-state index is -0.723. The normalized spacial score (nSPS) is 10.6. The van der Waals surface area contributed by atoms with Crippen LogP contribution < -0.4 is 20.6 Å². The number of nitrogens with zero attached hydrogens (tertiary/aromatic N) is 1. The Hall–Kier alpha value is -3.80. The molecule has 3 rings (SSSR count). The molecule has 0 bridgehead atoms. The molecule has 0 radical (unpaired) electrons. The van der Waals surface area contributed by atoms with Gasteiger partial charge in [-0.15, -0.1) is 0 Å². The number of hydrogen-bond acceptors (Lipinski definition) is 4. The van der Waals surface area contributed by atoms with Crippen molar-refractivity contribution in [1.29, 1.82) is 0 Å². The Morgan fingerprint density at radius 1 is 0.857 bits per heavy atom. The molecular formula is C22H21N3O3. The van der Waals surface area contributed by atoms with Gasteiger partial charge in [-0.25, -0.2) is 10.2 Å². The average Bonchev–Trinajstić information content (AvgIpc) is 2.73. The van der Waals surface area contributed by atoms with Crippen molar-refractivity contribution < 1.29 is 14.3 Å². The van der Waals surface area contributed by atoms with Crippen LogP contribution >= 0.6 is 0 Å². The number of ether oxygens (including phenoxy) is 2. The zero-order valence-corrected chi connectivity index (χ0v) is 15.2. The molecular weight excluding hydrogens is 354 g/mol. The van der Waals surface area contributed by atoms with Crippen LogP contribution in [0.15, 0.2) is 84.0 Å². The second-order valence-electron chi connectivity index (χ2n) is 5.99. The Balaban J connectivity index is 1.76. The van der Waals surface area contributed by atoms with Gasteiger partial charge in [-0.05, 0) is 34.9 Å². The van der Waals surface area contributed by atoms with Crippen molar-refractivity contribution in [2.24, 2.45) is 10.8 Å². The number of carbonyl (C=O) groups is 1. The van der Waals surface area contributed by atoms with E-state index in [0.29, 0.717) is 24.7 Å². The minimum Gasteiger partial charge on any atom is -0.485 e. The number of benzene rings is 3. The molecule has 6 heteroatoms. The van der Waals surface area contributed by atoms with E-state index in [1.165, 1.54) is 6.21 Å². The van der Waals surface area contributed by atoms with E-state index in [-0.39, 0.29) is 0 Å². The van der Waals surface area contributed by atoms with E-state index in [0.717, 1.165) is 16.7 Å². The maximum absolute atomic E-state index is 10.7. The van der Waals surface area contributed by atoms with Gasteiger partial charge >= 0.3 is 6.03 Å². The predicted molar refractivity (Wildman–Crippen MR) is 108 cm³/mol. The molecule has 3 aromatic carbocycles. The van der Waals surface area contributed by atoms with Gasteiger partial charge in [0.05, 0.1) is 6.21 Å².